The third kappa shape index (κ3) is 3.36. The molecule has 0 radical (unpaired) electrons. The van der Waals surface area contributed by atoms with E-state index in [1.165, 1.54) is 17.5 Å². The minimum Gasteiger partial charge on any atom is -0.375 e. The molecule has 0 aliphatic carbocycles. The highest BCUT2D eigenvalue weighted by Crippen LogP contribution is 2.37. The van der Waals surface area contributed by atoms with Gasteiger partial charge in [0.2, 0.25) is 0 Å². The summed E-state index contributed by atoms with van der Waals surface area (Å²) in [4.78, 5) is 3.50. The van der Waals surface area contributed by atoms with E-state index in [1.54, 1.807) is 0 Å². The molecule has 1 aliphatic rings. The predicted molar refractivity (Wildman–Crippen MR) is 99.7 cm³/mol. The van der Waals surface area contributed by atoms with Crippen LogP contribution in [-0.2, 0) is 5.41 Å². The van der Waals surface area contributed by atoms with Crippen LogP contribution in [0.3, 0.4) is 0 Å². The largest absolute Gasteiger partial charge is 0.375 e. The van der Waals surface area contributed by atoms with Crippen molar-refractivity contribution in [1.29, 1.82) is 0 Å². The van der Waals surface area contributed by atoms with Gasteiger partial charge in [0, 0.05) is 29.6 Å². The molecular formula is C19H30N2S. The van der Waals surface area contributed by atoms with Crippen LogP contribution in [0.5, 0.6) is 0 Å². The van der Waals surface area contributed by atoms with Crippen molar-refractivity contribution >= 4 is 17.2 Å². The van der Waals surface area contributed by atoms with Crippen molar-refractivity contribution in [3.8, 4) is 0 Å². The van der Waals surface area contributed by atoms with Gasteiger partial charge in [0.25, 0.3) is 0 Å². The zero-order valence-corrected chi connectivity index (χ0v) is 15.5. The van der Waals surface area contributed by atoms with Gasteiger partial charge in [-0.2, -0.15) is 0 Å². The molecule has 1 heterocycles. The first kappa shape index (κ1) is 17.4. The number of nitrogens with zero attached hydrogens (tertiary/aromatic N) is 1. The van der Waals surface area contributed by atoms with E-state index < -0.39 is 0 Å². The Kier molecular flexibility index (Phi) is 5.62. The number of hydrogen-bond donors (Lipinski definition) is 1. The molecule has 1 aromatic rings. The maximum Gasteiger partial charge on any atom is 0.106 e. The maximum absolute atomic E-state index is 5.51. The van der Waals surface area contributed by atoms with E-state index >= 15 is 0 Å². The first-order valence-corrected chi connectivity index (χ1v) is 8.95. The van der Waals surface area contributed by atoms with Gasteiger partial charge < -0.3 is 5.32 Å². The summed E-state index contributed by atoms with van der Waals surface area (Å²) >= 11 is 5.51. The van der Waals surface area contributed by atoms with Gasteiger partial charge in [0.15, 0.2) is 0 Å². The highest BCUT2D eigenvalue weighted by molar-refractivity contribution is 7.80. The summed E-state index contributed by atoms with van der Waals surface area (Å²) in [7, 11) is 0. The fourth-order valence-electron chi connectivity index (χ4n) is 3.75. The lowest BCUT2D eigenvalue weighted by atomic mass is 9.71. The third-order valence-electron chi connectivity index (χ3n) is 5.18. The van der Waals surface area contributed by atoms with Gasteiger partial charge in [-0.3, -0.25) is 4.90 Å². The smallest absolute Gasteiger partial charge is 0.106 e. The van der Waals surface area contributed by atoms with Crippen LogP contribution in [0.15, 0.2) is 24.3 Å². The van der Waals surface area contributed by atoms with Crippen molar-refractivity contribution in [1.82, 2.24) is 10.2 Å². The quantitative estimate of drug-likeness (QED) is 0.794. The third-order valence-corrected chi connectivity index (χ3v) is 5.55. The van der Waals surface area contributed by atoms with Gasteiger partial charge >= 0.3 is 0 Å². The standard InChI is InChI=1S/C19H30N2S/c1-6-19(11-12-21(14(2)3)15(4)5)13-20-18(22)16-9-7-8-10-17(16)19/h7-10,14-15H,6,11-13H2,1-5H3,(H,20,22). The van der Waals surface area contributed by atoms with Gasteiger partial charge in [0.1, 0.15) is 4.99 Å². The molecule has 0 amide bonds. The van der Waals surface area contributed by atoms with Crippen molar-refractivity contribution in [3.63, 3.8) is 0 Å². The predicted octanol–water partition coefficient (Wildman–Crippen LogP) is 4.12. The molecule has 0 fully saturated rings. The molecule has 0 spiro atoms. The molecule has 0 saturated carbocycles. The molecule has 2 rings (SSSR count). The fourth-order valence-corrected chi connectivity index (χ4v) is 4.00. The molecule has 122 valence electrons. The molecule has 1 aromatic carbocycles. The second-order valence-corrected chi connectivity index (χ2v) is 7.45. The average Bonchev–Trinajstić information content (AvgIpc) is 2.49. The van der Waals surface area contributed by atoms with Crippen LogP contribution in [-0.4, -0.2) is 35.1 Å². The van der Waals surface area contributed by atoms with Crippen LogP contribution < -0.4 is 5.32 Å². The van der Waals surface area contributed by atoms with Gasteiger partial charge in [-0.1, -0.05) is 43.4 Å². The molecule has 3 heteroatoms. The van der Waals surface area contributed by atoms with Crippen molar-refractivity contribution in [3.05, 3.63) is 35.4 Å². The van der Waals surface area contributed by atoms with Crippen molar-refractivity contribution in [2.75, 3.05) is 13.1 Å². The second kappa shape index (κ2) is 7.10. The summed E-state index contributed by atoms with van der Waals surface area (Å²) in [5, 5.41) is 3.48. The van der Waals surface area contributed by atoms with Crippen LogP contribution in [0.25, 0.3) is 0 Å². The van der Waals surface area contributed by atoms with E-state index in [2.05, 4.69) is 69.1 Å². The highest BCUT2D eigenvalue weighted by atomic mass is 32.1. The van der Waals surface area contributed by atoms with E-state index in [9.17, 15) is 0 Å². The Balaban J connectivity index is 2.27. The van der Waals surface area contributed by atoms with E-state index in [-0.39, 0.29) is 5.41 Å². The Hall–Kier alpha value is -0.930. The van der Waals surface area contributed by atoms with E-state index in [0.717, 1.165) is 24.5 Å². The Morgan fingerprint density at radius 3 is 2.41 bits per heavy atom. The summed E-state index contributed by atoms with van der Waals surface area (Å²) in [6.07, 6.45) is 2.32. The summed E-state index contributed by atoms with van der Waals surface area (Å²) in [5.41, 5.74) is 2.86. The molecule has 2 nitrogen and oxygen atoms in total. The molecule has 1 atom stereocenters. The van der Waals surface area contributed by atoms with Crippen LogP contribution >= 0.6 is 12.2 Å². The minimum absolute atomic E-state index is 0.195. The molecule has 0 saturated heterocycles. The van der Waals surface area contributed by atoms with Gasteiger partial charge in [0.05, 0.1) is 0 Å². The monoisotopic (exact) mass is 318 g/mol. The summed E-state index contributed by atoms with van der Waals surface area (Å²) < 4.78 is 0. The number of rotatable bonds is 6. The molecular weight excluding hydrogens is 288 g/mol. The Morgan fingerprint density at radius 2 is 1.82 bits per heavy atom. The second-order valence-electron chi connectivity index (χ2n) is 7.04. The molecule has 0 bridgehead atoms. The number of benzene rings is 1. The SMILES string of the molecule is CCC1(CCN(C(C)C)C(C)C)CNC(=S)c2ccccc21. The van der Waals surface area contributed by atoms with Crippen molar-refractivity contribution < 1.29 is 0 Å². The Bertz CT molecular complexity index is 516. The molecule has 1 N–H and O–H groups in total. The molecule has 1 aliphatic heterocycles. The first-order valence-electron chi connectivity index (χ1n) is 8.54. The number of thiocarbonyl (C=S) groups is 1. The maximum atomic E-state index is 5.51. The number of fused-ring (bicyclic) bond motifs is 1. The van der Waals surface area contributed by atoms with Crippen LogP contribution in [0.2, 0.25) is 0 Å². The van der Waals surface area contributed by atoms with Crippen LogP contribution in [0, 0.1) is 0 Å². The summed E-state index contributed by atoms with van der Waals surface area (Å²) in [6.45, 7) is 13.6. The lowest BCUT2D eigenvalue weighted by Crippen LogP contribution is -2.49. The lowest BCUT2D eigenvalue weighted by molar-refractivity contribution is 0.154. The fraction of sp³-hybridized carbons (Fsp3) is 0.632. The highest BCUT2D eigenvalue weighted by Gasteiger charge is 2.37. The summed E-state index contributed by atoms with van der Waals surface area (Å²) in [6, 6.07) is 9.86. The van der Waals surface area contributed by atoms with E-state index in [0.29, 0.717) is 12.1 Å². The first-order chi connectivity index (χ1) is 10.4. The van der Waals surface area contributed by atoms with Crippen LogP contribution in [0.1, 0.15) is 58.6 Å². The molecule has 22 heavy (non-hydrogen) atoms. The van der Waals surface area contributed by atoms with Gasteiger partial charge in [-0.25, -0.2) is 0 Å². The Morgan fingerprint density at radius 1 is 1.18 bits per heavy atom. The molecule has 0 aromatic heterocycles. The van der Waals surface area contributed by atoms with Gasteiger partial charge in [-0.05, 0) is 52.6 Å². The van der Waals surface area contributed by atoms with Crippen molar-refractivity contribution in [2.45, 2.75) is 65.0 Å². The van der Waals surface area contributed by atoms with E-state index in [4.69, 9.17) is 12.2 Å². The average molecular weight is 319 g/mol. The van der Waals surface area contributed by atoms with E-state index in [1.807, 2.05) is 0 Å². The Labute approximate surface area is 141 Å². The van der Waals surface area contributed by atoms with Crippen molar-refractivity contribution in [2.24, 2.45) is 0 Å². The lowest BCUT2D eigenvalue weighted by Gasteiger charge is -2.42. The minimum atomic E-state index is 0.195. The topological polar surface area (TPSA) is 15.3 Å². The van der Waals surface area contributed by atoms with Crippen LogP contribution in [0.4, 0.5) is 0 Å². The summed E-state index contributed by atoms with van der Waals surface area (Å²) in [5.74, 6) is 0. The molecule has 1 unspecified atom stereocenters. The van der Waals surface area contributed by atoms with Gasteiger partial charge in [-0.15, -0.1) is 0 Å². The number of nitrogens with one attached hydrogen (secondary N) is 1. The number of hydrogen-bond acceptors (Lipinski definition) is 2. The normalized spacial score (nSPS) is 21.4. The zero-order valence-electron chi connectivity index (χ0n) is 14.6. The zero-order chi connectivity index (χ0) is 16.3.